The van der Waals surface area contributed by atoms with Crippen LogP contribution in [0.25, 0.3) is 11.4 Å². The van der Waals surface area contributed by atoms with Gasteiger partial charge in [-0.3, -0.25) is 9.78 Å². The minimum atomic E-state index is -0.477. The van der Waals surface area contributed by atoms with Crippen molar-refractivity contribution in [1.29, 1.82) is 0 Å². The number of nitrogens with one attached hydrogen (secondary N) is 1. The number of benzene rings is 1. The van der Waals surface area contributed by atoms with E-state index in [9.17, 15) is 4.79 Å². The zero-order valence-corrected chi connectivity index (χ0v) is 16.9. The maximum absolute atomic E-state index is 13.0. The van der Waals surface area contributed by atoms with Crippen molar-refractivity contribution >= 4 is 5.91 Å². The predicted octanol–water partition coefficient (Wildman–Crippen LogP) is 3.04. The standard InChI is InChI=1S/C21H22N4O5/c1-12(2)17(21-24-19(25-30-21)13-5-4-6-22-11-13)23-20(26)14-9-15(27-3)18-16(10-14)28-7-8-29-18/h4-6,9-12,17H,7-8H2,1-3H3,(H,23,26). The molecule has 2 aromatic heterocycles. The van der Waals surface area contributed by atoms with Gasteiger partial charge in [0.1, 0.15) is 19.3 Å². The summed E-state index contributed by atoms with van der Waals surface area (Å²) < 4.78 is 22.0. The molecule has 3 aromatic rings. The molecule has 0 spiro atoms. The first-order chi connectivity index (χ1) is 14.6. The van der Waals surface area contributed by atoms with E-state index in [2.05, 4.69) is 20.4 Å². The summed E-state index contributed by atoms with van der Waals surface area (Å²) in [7, 11) is 1.52. The summed E-state index contributed by atoms with van der Waals surface area (Å²) in [5.74, 6) is 1.85. The van der Waals surface area contributed by atoms with E-state index in [-0.39, 0.29) is 11.8 Å². The summed E-state index contributed by atoms with van der Waals surface area (Å²) in [6.45, 7) is 4.77. The highest BCUT2D eigenvalue weighted by Crippen LogP contribution is 2.40. The molecule has 3 heterocycles. The molecule has 1 amide bonds. The van der Waals surface area contributed by atoms with Gasteiger partial charge >= 0.3 is 0 Å². The number of hydrogen-bond donors (Lipinski definition) is 1. The molecule has 9 heteroatoms. The topological polar surface area (TPSA) is 109 Å². The molecule has 4 rings (SSSR count). The zero-order chi connectivity index (χ0) is 21.1. The van der Waals surface area contributed by atoms with Gasteiger partial charge in [-0.15, -0.1) is 0 Å². The summed E-state index contributed by atoms with van der Waals surface area (Å²) in [6.07, 6.45) is 3.32. The fourth-order valence-corrected chi connectivity index (χ4v) is 3.12. The molecule has 1 aliphatic heterocycles. The lowest BCUT2D eigenvalue weighted by atomic mass is 10.0. The molecule has 1 aromatic carbocycles. The van der Waals surface area contributed by atoms with Crippen molar-refractivity contribution in [3.8, 4) is 28.6 Å². The number of rotatable bonds is 6. The third kappa shape index (κ3) is 3.91. The third-order valence-electron chi connectivity index (χ3n) is 4.67. The number of hydrogen-bond acceptors (Lipinski definition) is 8. The van der Waals surface area contributed by atoms with Gasteiger partial charge in [0.2, 0.25) is 17.5 Å². The fraction of sp³-hybridized carbons (Fsp3) is 0.333. The highest BCUT2D eigenvalue weighted by Gasteiger charge is 2.27. The molecule has 1 atom stereocenters. The highest BCUT2D eigenvalue weighted by molar-refractivity contribution is 5.95. The molecule has 0 aliphatic carbocycles. The Morgan fingerprint density at radius 1 is 1.23 bits per heavy atom. The Labute approximate surface area is 173 Å². The van der Waals surface area contributed by atoms with Crippen LogP contribution in [0, 0.1) is 5.92 Å². The second kappa shape index (κ2) is 8.40. The van der Waals surface area contributed by atoms with Crippen molar-refractivity contribution < 1.29 is 23.5 Å². The Bertz CT molecular complexity index is 1020. The van der Waals surface area contributed by atoms with Crippen LogP contribution < -0.4 is 19.5 Å². The van der Waals surface area contributed by atoms with Gasteiger partial charge in [-0.25, -0.2) is 0 Å². The Kier molecular flexibility index (Phi) is 5.51. The van der Waals surface area contributed by atoms with Crippen LogP contribution in [-0.4, -0.2) is 41.4 Å². The molecule has 0 fully saturated rings. The summed E-state index contributed by atoms with van der Waals surface area (Å²) in [5, 5.41) is 6.99. The van der Waals surface area contributed by atoms with Crippen molar-refractivity contribution in [2.75, 3.05) is 20.3 Å². The van der Waals surface area contributed by atoms with Crippen molar-refractivity contribution in [1.82, 2.24) is 20.4 Å². The number of amides is 1. The normalized spacial score (nSPS) is 13.7. The van der Waals surface area contributed by atoms with Crippen LogP contribution in [0.5, 0.6) is 17.2 Å². The van der Waals surface area contributed by atoms with Gasteiger partial charge in [0.15, 0.2) is 11.5 Å². The first-order valence-corrected chi connectivity index (χ1v) is 9.59. The second-order valence-corrected chi connectivity index (χ2v) is 7.10. The SMILES string of the molecule is COc1cc(C(=O)NC(c2nc(-c3cccnc3)no2)C(C)C)cc2c1OCCO2. The van der Waals surface area contributed by atoms with Gasteiger partial charge in [0.05, 0.1) is 7.11 Å². The Morgan fingerprint density at radius 2 is 2.07 bits per heavy atom. The van der Waals surface area contributed by atoms with Gasteiger partial charge in [-0.1, -0.05) is 19.0 Å². The number of methoxy groups -OCH3 is 1. The Balaban J connectivity index is 1.58. The van der Waals surface area contributed by atoms with Crippen LogP contribution in [0.1, 0.15) is 36.1 Å². The average Bonchev–Trinajstić information content (AvgIpc) is 3.26. The quantitative estimate of drug-likeness (QED) is 0.661. The van der Waals surface area contributed by atoms with E-state index in [4.69, 9.17) is 18.7 Å². The second-order valence-electron chi connectivity index (χ2n) is 7.10. The summed E-state index contributed by atoms with van der Waals surface area (Å²) in [5.41, 5.74) is 1.12. The molecule has 156 valence electrons. The molecular weight excluding hydrogens is 388 g/mol. The number of aromatic nitrogens is 3. The first kappa shape index (κ1) is 19.7. The molecule has 1 N–H and O–H groups in total. The summed E-state index contributed by atoms with van der Waals surface area (Å²) in [4.78, 5) is 21.5. The minimum absolute atomic E-state index is 0.00949. The Hall–Kier alpha value is -3.62. The van der Waals surface area contributed by atoms with Gasteiger partial charge in [0, 0.05) is 23.5 Å². The van der Waals surface area contributed by atoms with Crippen LogP contribution in [0.3, 0.4) is 0 Å². The zero-order valence-electron chi connectivity index (χ0n) is 16.9. The molecule has 0 saturated carbocycles. The van der Waals surface area contributed by atoms with Crippen LogP contribution in [0.2, 0.25) is 0 Å². The van der Waals surface area contributed by atoms with E-state index >= 15 is 0 Å². The van der Waals surface area contributed by atoms with E-state index in [1.165, 1.54) is 7.11 Å². The first-order valence-electron chi connectivity index (χ1n) is 9.59. The van der Waals surface area contributed by atoms with Crippen LogP contribution >= 0.6 is 0 Å². The maximum atomic E-state index is 13.0. The van der Waals surface area contributed by atoms with Crippen molar-refractivity contribution in [2.24, 2.45) is 5.92 Å². The van der Waals surface area contributed by atoms with E-state index in [1.54, 1.807) is 30.6 Å². The molecule has 0 bridgehead atoms. The van der Waals surface area contributed by atoms with Gasteiger partial charge in [-0.2, -0.15) is 4.98 Å². The molecule has 1 aliphatic rings. The lowest BCUT2D eigenvalue weighted by molar-refractivity contribution is 0.0912. The largest absolute Gasteiger partial charge is 0.493 e. The van der Waals surface area contributed by atoms with Crippen LogP contribution in [0.4, 0.5) is 0 Å². The maximum Gasteiger partial charge on any atom is 0.252 e. The minimum Gasteiger partial charge on any atom is -0.493 e. The number of fused-ring (bicyclic) bond motifs is 1. The fourth-order valence-electron chi connectivity index (χ4n) is 3.12. The molecule has 30 heavy (non-hydrogen) atoms. The number of pyridine rings is 1. The van der Waals surface area contributed by atoms with Gasteiger partial charge in [0.25, 0.3) is 5.91 Å². The lowest BCUT2D eigenvalue weighted by Gasteiger charge is -2.22. The average molecular weight is 410 g/mol. The van der Waals surface area contributed by atoms with E-state index in [1.807, 2.05) is 19.9 Å². The molecule has 0 radical (unpaired) electrons. The van der Waals surface area contributed by atoms with Gasteiger partial charge in [-0.05, 0) is 30.2 Å². The van der Waals surface area contributed by atoms with E-state index in [0.29, 0.717) is 47.7 Å². The summed E-state index contributed by atoms with van der Waals surface area (Å²) in [6, 6.07) is 6.41. The third-order valence-corrected chi connectivity index (χ3v) is 4.67. The molecular formula is C21H22N4O5. The number of nitrogens with zero attached hydrogens (tertiary/aromatic N) is 3. The monoisotopic (exact) mass is 410 g/mol. The van der Waals surface area contributed by atoms with E-state index < -0.39 is 6.04 Å². The predicted molar refractivity (Wildman–Crippen MR) is 107 cm³/mol. The summed E-state index contributed by atoms with van der Waals surface area (Å²) >= 11 is 0. The number of carbonyl (C=O) groups is 1. The van der Waals surface area contributed by atoms with Crippen molar-refractivity contribution in [2.45, 2.75) is 19.9 Å². The van der Waals surface area contributed by atoms with Crippen LogP contribution in [-0.2, 0) is 0 Å². The van der Waals surface area contributed by atoms with E-state index in [0.717, 1.165) is 5.56 Å². The smallest absolute Gasteiger partial charge is 0.252 e. The Morgan fingerprint density at radius 3 is 2.80 bits per heavy atom. The van der Waals surface area contributed by atoms with Crippen molar-refractivity contribution in [3.63, 3.8) is 0 Å². The highest BCUT2D eigenvalue weighted by atomic mass is 16.6. The van der Waals surface area contributed by atoms with Gasteiger partial charge < -0.3 is 24.1 Å². The van der Waals surface area contributed by atoms with Crippen LogP contribution in [0.15, 0.2) is 41.2 Å². The molecule has 0 saturated heterocycles. The lowest BCUT2D eigenvalue weighted by Crippen LogP contribution is -2.32. The molecule has 1 unspecified atom stereocenters. The molecule has 9 nitrogen and oxygen atoms in total. The number of ether oxygens (including phenoxy) is 3. The van der Waals surface area contributed by atoms with Crippen molar-refractivity contribution in [3.05, 3.63) is 48.1 Å². The number of carbonyl (C=O) groups excluding carboxylic acids is 1.